The van der Waals surface area contributed by atoms with Crippen LogP contribution in [0.4, 0.5) is 5.69 Å². The van der Waals surface area contributed by atoms with E-state index in [0.717, 1.165) is 89.9 Å². The quantitative estimate of drug-likeness (QED) is 0.396. The Kier molecular flexibility index (Phi) is 6.28. The molecule has 1 aromatic heterocycles. The monoisotopic (exact) mass is 493 g/mol. The number of amides is 1. The molecule has 0 unspecified atom stereocenters. The number of anilines is 1. The maximum atomic E-state index is 14.0. The first-order chi connectivity index (χ1) is 16.7. The minimum absolute atomic E-state index is 0.0920. The van der Waals surface area contributed by atoms with Gasteiger partial charge in [0.15, 0.2) is 0 Å². The highest BCUT2D eigenvalue weighted by atomic mass is 32.2. The Hall–Kier alpha value is -2.60. The number of rotatable bonds is 4. The summed E-state index contributed by atoms with van der Waals surface area (Å²) in [6, 6.07) is 12.4. The largest absolute Gasteiger partial charge is 0.461 e. The maximum absolute atomic E-state index is 14.0. The summed E-state index contributed by atoms with van der Waals surface area (Å²) in [7, 11) is -4.08. The molecule has 3 aromatic rings. The third-order valence-electron chi connectivity index (χ3n) is 7.59. The van der Waals surface area contributed by atoms with Crippen LogP contribution >= 0.6 is 0 Å². The van der Waals surface area contributed by atoms with Gasteiger partial charge in [0.25, 0.3) is 10.0 Å². The zero-order chi connectivity index (χ0) is 24.8. The van der Waals surface area contributed by atoms with Crippen LogP contribution in [0.15, 0.2) is 51.8 Å². The van der Waals surface area contributed by atoms with E-state index in [1.54, 1.807) is 18.2 Å². The Balaban J connectivity index is 1.61. The molecule has 0 atom stereocenters. The first-order valence-electron chi connectivity index (χ1n) is 12.9. The van der Waals surface area contributed by atoms with E-state index in [0.29, 0.717) is 5.69 Å². The van der Waals surface area contributed by atoms with Crippen molar-refractivity contribution in [1.29, 1.82) is 0 Å². The van der Waals surface area contributed by atoms with Crippen LogP contribution in [0, 0.1) is 5.92 Å². The molecule has 0 aliphatic heterocycles. The molecule has 2 aliphatic carbocycles. The van der Waals surface area contributed by atoms with E-state index < -0.39 is 10.0 Å². The fourth-order valence-corrected chi connectivity index (χ4v) is 6.98. The average Bonchev–Trinajstić information content (AvgIpc) is 3.22. The third-order valence-corrected chi connectivity index (χ3v) is 9.33. The van der Waals surface area contributed by atoms with Crippen LogP contribution in [0.2, 0.25) is 0 Å². The lowest BCUT2D eigenvalue weighted by Crippen LogP contribution is -2.41. The minimum atomic E-state index is -4.08. The van der Waals surface area contributed by atoms with E-state index in [1.807, 2.05) is 24.3 Å². The maximum Gasteiger partial charge on any atom is 0.270 e. The Bertz CT molecular complexity index is 1340. The zero-order valence-electron chi connectivity index (χ0n) is 21.0. The SMILES string of the molecule is CC(C)(C)c1ccc(S(=O)(=O)N(C(=O)C2CCCCC2)c2ccc3oc4c(c3c2)CCCC4)cc1. The van der Waals surface area contributed by atoms with Crippen LogP contribution in [0.25, 0.3) is 11.0 Å². The van der Waals surface area contributed by atoms with Crippen LogP contribution in [0.5, 0.6) is 0 Å². The van der Waals surface area contributed by atoms with Gasteiger partial charge in [0.05, 0.1) is 10.6 Å². The fraction of sp³-hybridized carbons (Fsp3) is 0.483. The summed E-state index contributed by atoms with van der Waals surface area (Å²) in [6.07, 6.45) is 8.50. The van der Waals surface area contributed by atoms with Gasteiger partial charge in [-0.2, -0.15) is 0 Å². The molecule has 0 bridgehead atoms. The summed E-state index contributed by atoms with van der Waals surface area (Å²) in [6.45, 7) is 6.28. The van der Waals surface area contributed by atoms with Crippen molar-refractivity contribution in [3.05, 3.63) is 59.4 Å². The Morgan fingerprint density at radius 1 is 0.914 bits per heavy atom. The molecule has 1 fully saturated rings. The van der Waals surface area contributed by atoms with Crippen molar-refractivity contribution < 1.29 is 17.6 Å². The predicted octanol–water partition coefficient (Wildman–Crippen LogP) is 6.91. The van der Waals surface area contributed by atoms with Gasteiger partial charge in [-0.15, -0.1) is 0 Å². The molecule has 5 rings (SSSR count). The van der Waals surface area contributed by atoms with Gasteiger partial charge in [0.1, 0.15) is 11.3 Å². The van der Waals surface area contributed by atoms with Gasteiger partial charge < -0.3 is 4.42 Å². The second-order valence-corrected chi connectivity index (χ2v) is 12.9. The number of aryl methyl sites for hydroxylation is 2. The molecule has 1 heterocycles. The summed E-state index contributed by atoms with van der Waals surface area (Å²) in [5.41, 5.74) is 3.28. The highest BCUT2D eigenvalue weighted by molar-refractivity contribution is 7.93. The predicted molar refractivity (Wildman–Crippen MR) is 139 cm³/mol. The summed E-state index contributed by atoms with van der Waals surface area (Å²) in [5.74, 6) is 0.400. The second-order valence-electron chi connectivity index (χ2n) is 11.1. The van der Waals surface area contributed by atoms with Crippen LogP contribution in [0.3, 0.4) is 0 Å². The van der Waals surface area contributed by atoms with E-state index in [1.165, 1.54) is 0 Å². The smallest absolute Gasteiger partial charge is 0.270 e. The van der Waals surface area contributed by atoms with Crippen molar-refractivity contribution in [2.75, 3.05) is 4.31 Å². The van der Waals surface area contributed by atoms with Crippen LogP contribution in [-0.4, -0.2) is 14.3 Å². The van der Waals surface area contributed by atoms with Crippen molar-refractivity contribution in [2.45, 2.75) is 88.9 Å². The van der Waals surface area contributed by atoms with E-state index in [2.05, 4.69) is 20.8 Å². The van der Waals surface area contributed by atoms with Crippen molar-refractivity contribution in [1.82, 2.24) is 0 Å². The van der Waals surface area contributed by atoms with Gasteiger partial charge in [-0.25, -0.2) is 12.7 Å². The molecule has 1 saturated carbocycles. The number of benzene rings is 2. The number of fused-ring (bicyclic) bond motifs is 3. The molecular formula is C29H35NO4S. The number of hydrogen-bond acceptors (Lipinski definition) is 4. The lowest BCUT2D eigenvalue weighted by atomic mass is 9.87. The fourth-order valence-electron chi connectivity index (χ4n) is 5.51. The molecule has 0 saturated heterocycles. The van der Waals surface area contributed by atoms with Gasteiger partial charge in [-0.3, -0.25) is 4.79 Å². The molecule has 0 spiro atoms. The molecule has 5 nitrogen and oxygen atoms in total. The molecule has 1 amide bonds. The lowest BCUT2D eigenvalue weighted by Gasteiger charge is -2.29. The Labute approximate surface area is 208 Å². The zero-order valence-corrected chi connectivity index (χ0v) is 21.8. The van der Waals surface area contributed by atoms with E-state index in [9.17, 15) is 13.2 Å². The highest BCUT2D eigenvalue weighted by Gasteiger charge is 2.36. The van der Waals surface area contributed by atoms with Crippen LogP contribution in [-0.2, 0) is 33.1 Å². The third kappa shape index (κ3) is 4.53. The number of nitrogens with zero attached hydrogens (tertiary/aromatic N) is 1. The van der Waals surface area contributed by atoms with Crippen molar-refractivity contribution >= 4 is 32.6 Å². The minimum Gasteiger partial charge on any atom is -0.461 e. The normalized spacial score (nSPS) is 17.3. The molecular weight excluding hydrogens is 458 g/mol. The van der Waals surface area contributed by atoms with Crippen LogP contribution in [0.1, 0.15) is 82.6 Å². The van der Waals surface area contributed by atoms with E-state index in [4.69, 9.17) is 4.42 Å². The Morgan fingerprint density at radius 2 is 1.60 bits per heavy atom. The van der Waals surface area contributed by atoms with Gasteiger partial charge >= 0.3 is 0 Å². The highest BCUT2D eigenvalue weighted by Crippen LogP contribution is 2.37. The number of carbonyl (C=O) groups is 1. The second kappa shape index (κ2) is 9.12. The number of furan rings is 1. The molecule has 2 aromatic carbocycles. The molecule has 35 heavy (non-hydrogen) atoms. The van der Waals surface area contributed by atoms with Crippen molar-refractivity contribution in [3.63, 3.8) is 0 Å². The topological polar surface area (TPSA) is 67.6 Å². The molecule has 0 radical (unpaired) electrons. The van der Waals surface area contributed by atoms with Crippen molar-refractivity contribution in [2.24, 2.45) is 5.92 Å². The van der Waals surface area contributed by atoms with Gasteiger partial charge in [0, 0.05) is 23.3 Å². The standard InChI is InChI=1S/C29H35NO4S/c1-29(2,3)21-13-16-23(17-14-21)35(32,33)30(28(31)20-9-5-4-6-10-20)22-15-18-27-25(19-22)24-11-7-8-12-26(24)34-27/h13-20H,4-12H2,1-3H3. The first-order valence-corrected chi connectivity index (χ1v) is 14.3. The molecule has 6 heteroatoms. The summed E-state index contributed by atoms with van der Waals surface area (Å²) in [5, 5.41) is 0.928. The first kappa shape index (κ1) is 24.1. The summed E-state index contributed by atoms with van der Waals surface area (Å²) in [4.78, 5) is 14.0. The number of hydrogen-bond donors (Lipinski definition) is 0. The molecule has 0 N–H and O–H groups in total. The average molecular weight is 494 g/mol. The number of sulfonamides is 1. The molecule has 2 aliphatic rings. The van der Waals surface area contributed by atoms with E-state index in [-0.39, 0.29) is 22.1 Å². The number of carbonyl (C=O) groups excluding carboxylic acids is 1. The summed E-state index contributed by atoms with van der Waals surface area (Å²) >= 11 is 0. The molecule has 186 valence electrons. The Morgan fingerprint density at radius 3 is 2.29 bits per heavy atom. The lowest BCUT2D eigenvalue weighted by molar-refractivity contribution is -0.122. The van der Waals surface area contributed by atoms with Gasteiger partial charge in [-0.1, -0.05) is 52.2 Å². The van der Waals surface area contributed by atoms with Gasteiger partial charge in [-0.05, 0) is 73.4 Å². The van der Waals surface area contributed by atoms with Gasteiger partial charge in [0.2, 0.25) is 5.91 Å². The summed E-state index contributed by atoms with van der Waals surface area (Å²) < 4.78 is 35.2. The van der Waals surface area contributed by atoms with Crippen molar-refractivity contribution in [3.8, 4) is 0 Å². The van der Waals surface area contributed by atoms with E-state index >= 15 is 0 Å². The van der Waals surface area contributed by atoms with Crippen LogP contribution < -0.4 is 4.31 Å².